The summed E-state index contributed by atoms with van der Waals surface area (Å²) in [5.74, 6) is 0. The van der Waals surface area contributed by atoms with Gasteiger partial charge >= 0.3 is 0 Å². The molecular formula is C18H19N. The second-order valence-corrected chi connectivity index (χ2v) is 5.27. The van der Waals surface area contributed by atoms with Gasteiger partial charge in [0, 0.05) is 17.2 Å². The summed E-state index contributed by atoms with van der Waals surface area (Å²) >= 11 is 0. The minimum atomic E-state index is -0.702. The minimum absolute atomic E-state index is 0.0792. The number of hydrogen-bond donors (Lipinski definition) is 0. The number of aromatic nitrogens is 1. The van der Waals surface area contributed by atoms with Crippen LogP contribution in [0.3, 0.4) is 0 Å². The van der Waals surface area contributed by atoms with E-state index in [9.17, 15) is 0 Å². The summed E-state index contributed by atoms with van der Waals surface area (Å²) in [5, 5.41) is 0.111. The van der Waals surface area contributed by atoms with Crippen molar-refractivity contribution >= 4 is 10.9 Å². The molecule has 1 nitrogen and oxygen atoms in total. The zero-order valence-electron chi connectivity index (χ0n) is 20.9. The molecule has 19 heavy (non-hydrogen) atoms. The molecule has 0 spiro atoms. The van der Waals surface area contributed by atoms with Crippen LogP contribution in [-0.4, -0.2) is 4.57 Å². The maximum absolute atomic E-state index is 8.73. The van der Waals surface area contributed by atoms with E-state index in [0.29, 0.717) is 5.56 Å². The lowest BCUT2D eigenvalue weighted by atomic mass is 9.87. The second-order valence-electron chi connectivity index (χ2n) is 5.27. The van der Waals surface area contributed by atoms with Gasteiger partial charge in [0.15, 0.2) is 0 Å². The van der Waals surface area contributed by atoms with Gasteiger partial charge in [0.05, 0.1) is 19.2 Å². The van der Waals surface area contributed by atoms with Crippen LogP contribution in [0.25, 0.3) is 16.6 Å². The molecule has 0 unspecified atom stereocenters. The minimum Gasteiger partial charge on any atom is -0.316 e. The van der Waals surface area contributed by atoms with Crippen molar-refractivity contribution in [2.24, 2.45) is 0 Å². The summed E-state index contributed by atoms with van der Waals surface area (Å²) < 4.78 is 82.7. The predicted octanol–water partition coefficient (Wildman–Crippen LogP) is 4.93. The van der Waals surface area contributed by atoms with E-state index in [1.165, 1.54) is 0 Å². The lowest BCUT2D eigenvalue weighted by Crippen LogP contribution is -2.10. The quantitative estimate of drug-likeness (QED) is 0.584. The number of para-hydroxylation sites is 2. The Hall–Kier alpha value is -2.02. The molecule has 1 heteroatoms. The Bertz CT molecular complexity index is 1160. The number of rotatable bonds is 1. The lowest BCUT2D eigenvalue weighted by Gasteiger charge is -2.17. The van der Waals surface area contributed by atoms with E-state index in [4.69, 9.17) is 13.7 Å². The van der Waals surface area contributed by atoms with Crippen LogP contribution in [0.15, 0.2) is 60.6 Å². The van der Waals surface area contributed by atoms with Gasteiger partial charge in [0.25, 0.3) is 0 Å². The molecular weight excluding hydrogens is 230 g/mol. The monoisotopic (exact) mass is 259 g/mol. The molecule has 0 fully saturated rings. The normalized spacial score (nSPS) is 19.3. The zero-order valence-corrected chi connectivity index (χ0v) is 10.9. The van der Waals surface area contributed by atoms with Crippen LogP contribution in [0.1, 0.15) is 40.0 Å². The van der Waals surface area contributed by atoms with Crippen molar-refractivity contribution in [1.82, 2.24) is 4.57 Å². The lowest BCUT2D eigenvalue weighted by molar-refractivity contribution is 0.594. The van der Waals surface area contributed by atoms with Crippen molar-refractivity contribution in [3.63, 3.8) is 0 Å². The molecule has 0 saturated heterocycles. The van der Waals surface area contributed by atoms with E-state index in [1.807, 2.05) is 0 Å². The molecule has 0 N–H and O–H groups in total. The fourth-order valence-electron chi connectivity index (χ4n) is 1.94. The van der Waals surface area contributed by atoms with E-state index in [2.05, 4.69) is 0 Å². The zero-order chi connectivity index (χ0) is 22.2. The third-order valence-corrected chi connectivity index (χ3v) is 2.83. The van der Waals surface area contributed by atoms with E-state index >= 15 is 0 Å². The second kappa shape index (κ2) is 4.27. The Balaban J connectivity index is 2.71. The van der Waals surface area contributed by atoms with Gasteiger partial charge in [-0.1, -0.05) is 57.0 Å². The average Bonchev–Trinajstić information content (AvgIpc) is 2.95. The maximum Gasteiger partial charge on any atom is 0.0826 e. The van der Waals surface area contributed by atoms with Crippen LogP contribution in [0.5, 0.6) is 0 Å². The number of nitrogens with zero attached hydrogens (tertiary/aromatic N) is 1. The van der Waals surface area contributed by atoms with Crippen LogP contribution in [0.4, 0.5) is 0 Å². The van der Waals surface area contributed by atoms with Crippen LogP contribution < -0.4 is 0 Å². The van der Waals surface area contributed by atoms with Crippen molar-refractivity contribution in [2.75, 3.05) is 0 Å². The summed E-state index contributed by atoms with van der Waals surface area (Å²) in [6.45, 7) is 5.36. The molecule has 0 radical (unpaired) electrons. The highest BCUT2D eigenvalue weighted by atomic mass is 15.0. The first-order chi connectivity index (χ1) is 13.2. The fourth-order valence-corrected chi connectivity index (χ4v) is 1.94. The molecule has 3 rings (SSSR count). The first-order valence-electron chi connectivity index (χ1n) is 10.9. The van der Waals surface area contributed by atoms with E-state index in [0.717, 1.165) is 4.57 Å². The molecule has 96 valence electrons. The number of benzene rings is 2. The van der Waals surface area contributed by atoms with Gasteiger partial charge in [-0.15, -0.1) is 0 Å². The van der Waals surface area contributed by atoms with Gasteiger partial charge in [-0.3, -0.25) is 0 Å². The fraction of sp³-hybridized carbons (Fsp3) is 0.222. The summed E-state index contributed by atoms with van der Waals surface area (Å²) in [7, 11) is 0. The van der Waals surface area contributed by atoms with Gasteiger partial charge in [0.2, 0.25) is 0 Å². The van der Waals surface area contributed by atoms with Crippen molar-refractivity contribution in [3.05, 3.63) is 66.1 Å². The molecule has 0 amide bonds. The molecule has 1 aromatic heterocycles. The number of hydrogen-bond acceptors (Lipinski definition) is 0. The Morgan fingerprint density at radius 2 is 1.53 bits per heavy atom. The Labute approximate surface area is 128 Å². The van der Waals surface area contributed by atoms with E-state index < -0.39 is 53.8 Å². The standard InChI is InChI=1S/C18H19N/c1-18(2,3)16-13-19(14-9-5-4-6-10-14)17-12-8-7-11-15(16)17/h4-13H,1-3H3/i4D,5D,6D,7D,8D,9D,10D,11D,12D,13D. The summed E-state index contributed by atoms with van der Waals surface area (Å²) in [6.07, 6.45) is -0.238. The molecule has 3 aromatic rings. The van der Waals surface area contributed by atoms with Crippen LogP contribution in [0, 0.1) is 0 Å². The van der Waals surface area contributed by atoms with Crippen molar-refractivity contribution in [1.29, 1.82) is 0 Å². The molecule has 0 saturated carbocycles. The summed E-state index contributed by atoms with van der Waals surface area (Å²) in [4.78, 5) is 0. The molecule has 0 bridgehead atoms. The van der Waals surface area contributed by atoms with Crippen molar-refractivity contribution in [2.45, 2.75) is 26.2 Å². The largest absolute Gasteiger partial charge is 0.316 e. The Kier molecular flexibility index (Phi) is 1.16. The van der Waals surface area contributed by atoms with E-state index in [-0.39, 0.29) is 28.8 Å². The first-order valence-corrected chi connectivity index (χ1v) is 5.92. The van der Waals surface area contributed by atoms with Gasteiger partial charge in [0.1, 0.15) is 0 Å². The number of fused-ring (bicyclic) bond motifs is 1. The molecule has 0 aliphatic carbocycles. The van der Waals surface area contributed by atoms with Crippen LogP contribution >= 0.6 is 0 Å². The Morgan fingerprint density at radius 3 is 2.21 bits per heavy atom. The maximum atomic E-state index is 8.73. The highest BCUT2D eigenvalue weighted by Crippen LogP contribution is 2.33. The average molecular weight is 259 g/mol. The first kappa shape index (κ1) is 5.16. The molecule has 0 aliphatic heterocycles. The van der Waals surface area contributed by atoms with Crippen molar-refractivity contribution < 1.29 is 13.7 Å². The van der Waals surface area contributed by atoms with Gasteiger partial charge in [-0.2, -0.15) is 0 Å². The van der Waals surface area contributed by atoms with E-state index in [1.54, 1.807) is 20.8 Å². The highest BCUT2D eigenvalue weighted by Gasteiger charge is 2.20. The topological polar surface area (TPSA) is 4.93 Å². The highest BCUT2D eigenvalue weighted by molar-refractivity contribution is 5.86. The van der Waals surface area contributed by atoms with Gasteiger partial charge < -0.3 is 4.57 Å². The summed E-state index contributed by atoms with van der Waals surface area (Å²) in [6, 6.07) is -4.57. The van der Waals surface area contributed by atoms with Gasteiger partial charge in [-0.05, 0) is 29.1 Å². The predicted molar refractivity (Wildman–Crippen MR) is 82.0 cm³/mol. The molecule has 1 heterocycles. The van der Waals surface area contributed by atoms with Crippen LogP contribution in [0.2, 0.25) is 0 Å². The third-order valence-electron chi connectivity index (χ3n) is 2.83. The Morgan fingerprint density at radius 1 is 0.895 bits per heavy atom. The SMILES string of the molecule is [2H]c1c([2H])c([2H])c(-n2c([2H])c(C(C)(C)C)c3c([2H])c([2H])c([2H])c([2H])c32)c([2H])c1[2H]. The van der Waals surface area contributed by atoms with Gasteiger partial charge in [-0.25, -0.2) is 0 Å². The molecule has 0 atom stereocenters. The van der Waals surface area contributed by atoms with Crippen molar-refractivity contribution in [3.8, 4) is 5.69 Å². The third kappa shape index (κ3) is 2.06. The smallest absolute Gasteiger partial charge is 0.0826 e. The summed E-state index contributed by atoms with van der Waals surface area (Å²) in [5.41, 5.74) is -0.783. The molecule has 2 aromatic carbocycles. The van der Waals surface area contributed by atoms with Crippen LogP contribution in [-0.2, 0) is 5.41 Å². The molecule has 0 aliphatic rings.